The maximum Gasteiger partial charge on any atom is 0.251 e. The van der Waals surface area contributed by atoms with Crippen molar-refractivity contribution in [3.8, 4) is 11.5 Å². The first-order valence-electron chi connectivity index (χ1n) is 7.59. The molecule has 1 aliphatic rings. The summed E-state index contributed by atoms with van der Waals surface area (Å²) in [4.78, 5) is 12.4. The Morgan fingerprint density at radius 2 is 2.08 bits per heavy atom. The SMILES string of the molecule is COc1cc(C(=O)NCC2CCCN2)cc(NS(C)(=O)=O)c1OC. The number of rotatable bonds is 7. The highest BCUT2D eigenvalue weighted by molar-refractivity contribution is 7.92. The van der Waals surface area contributed by atoms with Crippen molar-refractivity contribution in [1.82, 2.24) is 10.6 Å². The Hall–Kier alpha value is -2.00. The summed E-state index contributed by atoms with van der Waals surface area (Å²) in [7, 11) is -0.707. The molecule has 1 saturated heterocycles. The van der Waals surface area contributed by atoms with Gasteiger partial charge in [-0.1, -0.05) is 0 Å². The smallest absolute Gasteiger partial charge is 0.251 e. The Kier molecular flexibility index (Phi) is 5.89. The van der Waals surface area contributed by atoms with Gasteiger partial charge in [-0.05, 0) is 31.5 Å². The van der Waals surface area contributed by atoms with Gasteiger partial charge < -0.3 is 20.1 Å². The zero-order valence-electron chi connectivity index (χ0n) is 14.0. The number of carbonyl (C=O) groups excluding carboxylic acids is 1. The van der Waals surface area contributed by atoms with Crippen LogP contribution in [0.3, 0.4) is 0 Å². The maximum absolute atomic E-state index is 12.4. The molecule has 1 fully saturated rings. The summed E-state index contributed by atoms with van der Waals surface area (Å²) in [6, 6.07) is 3.21. The summed E-state index contributed by atoms with van der Waals surface area (Å²) in [5.74, 6) is 0.188. The van der Waals surface area contributed by atoms with Crippen LogP contribution in [0, 0.1) is 0 Å². The number of nitrogens with one attached hydrogen (secondary N) is 3. The monoisotopic (exact) mass is 357 g/mol. The molecule has 0 bridgehead atoms. The van der Waals surface area contributed by atoms with E-state index in [1.54, 1.807) is 0 Å². The molecule has 2 rings (SSSR count). The Labute approximate surface area is 142 Å². The second kappa shape index (κ2) is 7.71. The minimum absolute atomic E-state index is 0.156. The van der Waals surface area contributed by atoms with Crippen LogP contribution in [0.5, 0.6) is 11.5 Å². The molecule has 1 unspecified atom stereocenters. The number of anilines is 1. The Balaban J connectivity index is 2.24. The van der Waals surface area contributed by atoms with E-state index in [0.29, 0.717) is 6.54 Å². The van der Waals surface area contributed by atoms with Crippen molar-refractivity contribution in [1.29, 1.82) is 0 Å². The fraction of sp³-hybridized carbons (Fsp3) is 0.533. The van der Waals surface area contributed by atoms with Gasteiger partial charge in [0.05, 0.1) is 26.2 Å². The summed E-state index contributed by atoms with van der Waals surface area (Å²) in [5.41, 5.74) is 0.445. The predicted molar refractivity (Wildman–Crippen MR) is 91.4 cm³/mol. The second-order valence-corrected chi connectivity index (χ2v) is 7.39. The highest BCUT2D eigenvalue weighted by atomic mass is 32.2. The van der Waals surface area contributed by atoms with E-state index < -0.39 is 10.0 Å². The van der Waals surface area contributed by atoms with Gasteiger partial charge in [-0.2, -0.15) is 0 Å². The summed E-state index contributed by atoms with van der Waals surface area (Å²) < 4.78 is 35.8. The van der Waals surface area contributed by atoms with Gasteiger partial charge in [-0.25, -0.2) is 8.42 Å². The summed E-state index contributed by atoms with van der Waals surface area (Å²) >= 11 is 0. The van der Waals surface area contributed by atoms with Gasteiger partial charge >= 0.3 is 0 Å². The minimum Gasteiger partial charge on any atom is -0.493 e. The number of benzene rings is 1. The molecule has 0 aliphatic carbocycles. The molecule has 1 amide bonds. The van der Waals surface area contributed by atoms with E-state index in [1.807, 2.05) is 0 Å². The number of carbonyl (C=O) groups is 1. The van der Waals surface area contributed by atoms with Crippen LogP contribution in [0.25, 0.3) is 0 Å². The lowest BCUT2D eigenvalue weighted by atomic mass is 10.1. The Morgan fingerprint density at radius 3 is 2.62 bits per heavy atom. The van der Waals surface area contributed by atoms with Crippen molar-refractivity contribution in [2.24, 2.45) is 0 Å². The highest BCUT2D eigenvalue weighted by Gasteiger charge is 2.20. The quantitative estimate of drug-likeness (QED) is 0.658. The van der Waals surface area contributed by atoms with Gasteiger partial charge in [0.25, 0.3) is 5.91 Å². The van der Waals surface area contributed by atoms with Crippen LogP contribution >= 0.6 is 0 Å². The maximum atomic E-state index is 12.4. The molecule has 134 valence electrons. The van der Waals surface area contributed by atoms with Crippen LogP contribution in [0.15, 0.2) is 12.1 Å². The first kappa shape index (κ1) is 18.3. The highest BCUT2D eigenvalue weighted by Crippen LogP contribution is 2.37. The van der Waals surface area contributed by atoms with Crippen LogP contribution < -0.4 is 24.8 Å². The number of sulfonamides is 1. The van der Waals surface area contributed by atoms with Crippen LogP contribution in [0.4, 0.5) is 5.69 Å². The van der Waals surface area contributed by atoms with Gasteiger partial charge in [-0.3, -0.25) is 9.52 Å². The second-order valence-electron chi connectivity index (χ2n) is 5.64. The number of methoxy groups -OCH3 is 2. The fourth-order valence-electron chi connectivity index (χ4n) is 2.62. The van der Waals surface area contributed by atoms with Crippen molar-refractivity contribution in [2.75, 3.05) is 38.3 Å². The normalized spacial score (nSPS) is 17.4. The fourth-order valence-corrected chi connectivity index (χ4v) is 3.17. The first-order chi connectivity index (χ1) is 11.3. The molecule has 1 heterocycles. The molecule has 1 aromatic carbocycles. The molecule has 0 spiro atoms. The number of hydrogen-bond acceptors (Lipinski definition) is 6. The third-order valence-corrected chi connectivity index (χ3v) is 4.30. The Bertz CT molecular complexity index is 699. The minimum atomic E-state index is -3.53. The van der Waals surface area contributed by atoms with E-state index in [0.717, 1.165) is 25.6 Å². The van der Waals surface area contributed by atoms with E-state index in [1.165, 1.54) is 26.4 Å². The number of amides is 1. The van der Waals surface area contributed by atoms with Gasteiger partial charge in [0, 0.05) is 18.2 Å². The molecule has 3 N–H and O–H groups in total. The molecule has 8 nitrogen and oxygen atoms in total. The van der Waals surface area contributed by atoms with Crippen molar-refractivity contribution >= 4 is 21.6 Å². The number of ether oxygens (including phenoxy) is 2. The molecule has 1 aliphatic heterocycles. The van der Waals surface area contributed by atoms with Gasteiger partial charge in [0.15, 0.2) is 11.5 Å². The lowest BCUT2D eigenvalue weighted by Gasteiger charge is -2.16. The molecule has 0 aromatic heterocycles. The van der Waals surface area contributed by atoms with E-state index in [4.69, 9.17) is 9.47 Å². The molecular weight excluding hydrogens is 334 g/mol. The van der Waals surface area contributed by atoms with E-state index in [9.17, 15) is 13.2 Å². The third kappa shape index (κ3) is 4.75. The zero-order valence-corrected chi connectivity index (χ0v) is 14.8. The topological polar surface area (TPSA) is 106 Å². The summed E-state index contributed by atoms with van der Waals surface area (Å²) in [6.07, 6.45) is 3.14. The van der Waals surface area contributed by atoms with Crippen LogP contribution in [-0.2, 0) is 10.0 Å². The van der Waals surface area contributed by atoms with E-state index in [-0.39, 0.29) is 34.7 Å². The summed E-state index contributed by atoms with van der Waals surface area (Å²) in [6.45, 7) is 1.47. The average molecular weight is 357 g/mol. The number of hydrogen-bond donors (Lipinski definition) is 3. The van der Waals surface area contributed by atoms with Crippen molar-refractivity contribution in [3.63, 3.8) is 0 Å². The molecule has 24 heavy (non-hydrogen) atoms. The van der Waals surface area contributed by atoms with Crippen LogP contribution in [0.1, 0.15) is 23.2 Å². The first-order valence-corrected chi connectivity index (χ1v) is 9.48. The molecule has 9 heteroatoms. The standard InChI is InChI=1S/C15H23N3O5S/c1-22-13-8-10(15(19)17-9-11-5-4-6-16-11)7-12(14(13)23-2)18-24(3,20)21/h7-8,11,16,18H,4-6,9H2,1-3H3,(H,17,19). The molecule has 0 radical (unpaired) electrons. The lowest BCUT2D eigenvalue weighted by molar-refractivity contribution is 0.0950. The van der Waals surface area contributed by atoms with Crippen molar-refractivity contribution < 1.29 is 22.7 Å². The van der Waals surface area contributed by atoms with E-state index in [2.05, 4.69) is 15.4 Å². The average Bonchev–Trinajstić information content (AvgIpc) is 3.03. The van der Waals surface area contributed by atoms with Gasteiger partial charge in [-0.15, -0.1) is 0 Å². The van der Waals surface area contributed by atoms with Crippen molar-refractivity contribution in [3.05, 3.63) is 17.7 Å². The Morgan fingerprint density at radius 1 is 1.33 bits per heavy atom. The van der Waals surface area contributed by atoms with Crippen molar-refractivity contribution in [2.45, 2.75) is 18.9 Å². The summed E-state index contributed by atoms with van der Waals surface area (Å²) in [5, 5.41) is 6.14. The predicted octanol–water partition coefficient (Wildman–Crippen LogP) is 0.557. The van der Waals surface area contributed by atoms with E-state index >= 15 is 0 Å². The zero-order chi connectivity index (χ0) is 17.7. The molecule has 0 saturated carbocycles. The van der Waals surface area contributed by atoms with Gasteiger partial charge in [0.1, 0.15) is 0 Å². The van der Waals surface area contributed by atoms with Crippen LogP contribution in [-0.4, -0.2) is 53.9 Å². The largest absolute Gasteiger partial charge is 0.493 e. The van der Waals surface area contributed by atoms with Crippen LogP contribution in [0.2, 0.25) is 0 Å². The molecule has 1 atom stereocenters. The third-order valence-electron chi connectivity index (χ3n) is 3.71. The van der Waals surface area contributed by atoms with Gasteiger partial charge in [0.2, 0.25) is 10.0 Å². The molecular formula is C15H23N3O5S. The lowest BCUT2D eigenvalue weighted by Crippen LogP contribution is -2.37. The molecule has 1 aromatic rings.